The zero-order chi connectivity index (χ0) is 12.7. The summed E-state index contributed by atoms with van der Waals surface area (Å²) in [6.07, 6.45) is 7.03. The van der Waals surface area contributed by atoms with Crippen LogP contribution < -0.4 is 0 Å². The van der Waals surface area contributed by atoms with Gasteiger partial charge in [0.15, 0.2) is 0 Å². The fourth-order valence-electron chi connectivity index (χ4n) is 2.23. The maximum Gasteiger partial charge on any atom is 0.128 e. The van der Waals surface area contributed by atoms with Crippen LogP contribution in [0.2, 0.25) is 5.02 Å². The fraction of sp³-hybridized carbons (Fsp3) is 0.600. The lowest BCUT2D eigenvalue weighted by atomic mass is 9.90. The standard InChI is InChI=1S/C15H22ClF/c1-3-5-6-7-8-12(4-2)14-10-9-13(16)11-15(14)17/h9-12H,3-8H2,1-2H3. The Hall–Kier alpha value is -0.560. The lowest BCUT2D eigenvalue weighted by Gasteiger charge is -2.16. The Balaban J connectivity index is 2.59. The molecule has 0 aliphatic carbocycles. The summed E-state index contributed by atoms with van der Waals surface area (Å²) in [5.74, 6) is 0.184. The Kier molecular flexibility index (Phi) is 6.57. The van der Waals surface area contributed by atoms with Gasteiger partial charge in [0.25, 0.3) is 0 Å². The van der Waals surface area contributed by atoms with E-state index < -0.39 is 0 Å². The second-order valence-electron chi connectivity index (χ2n) is 4.62. The molecule has 1 aromatic rings. The first-order valence-electron chi connectivity index (χ1n) is 6.64. The summed E-state index contributed by atoms with van der Waals surface area (Å²) in [5, 5.41) is 0.479. The van der Waals surface area contributed by atoms with Crippen molar-refractivity contribution >= 4 is 11.6 Å². The molecular weight excluding hydrogens is 235 g/mol. The maximum atomic E-state index is 13.8. The van der Waals surface area contributed by atoms with Crippen LogP contribution in [0.3, 0.4) is 0 Å². The Morgan fingerprint density at radius 2 is 1.94 bits per heavy atom. The van der Waals surface area contributed by atoms with Crippen molar-refractivity contribution in [2.75, 3.05) is 0 Å². The van der Waals surface area contributed by atoms with E-state index in [-0.39, 0.29) is 5.82 Å². The monoisotopic (exact) mass is 256 g/mol. The van der Waals surface area contributed by atoms with E-state index in [1.807, 2.05) is 6.07 Å². The van der Waals surface area contributed by atoms with E-state index in [2.05, 4.69) is 13.8 Å². The average molecular weight is 257 g/mol. The van der Waals surface area contributed by atoms with Crippen LogP contribution >= 0.6 is 11.6 Å². The summed E-state index contributed by atoms with van der Waals surface area (Å²) in [7, 11) is 0. The number of rotatable bonds is 7. The third-order valence-electron chi connectivity index (χ3n) is 3.30. The van der Waals surface area contributed by atoms with E-state index in [0.717, 1.165) is 18.4 Å². The van der Waals surface area contributed by atoms with Gasteiger partial charge in [0, 0.05) is 5.02 Å². The van der Waals surface area contributed by atoms with E-state index in [1.54, 1.807) is 6.07 Å². The van der Waals surface area contributed by atoms with Crippen LogP contribution in [0.25, 0.3) is 0 Å². The second kappa shape index (κ2) is 7.71. The molecule has 0 spiro atoms. The van der Waals surface area contributed by atoms with Gasteiger partial charge in [-0.1, -0.05) is 57.2 Å². The van der Waals surface area contributed by atoms with Gasteiger partial charge in [-0.3, -0.25) is 0 Å². The largest absolute Gasteiger partial charge is 0.207 e. The van der Waals surface area contributed by atoms with E-state index in [0.29, 0.717) is 10.9 Å². The maximum absolute atomic E-state index is 13.8. The summed E-state index contributed by atoms with van der Waals surface area (Å²) in [6.45, 7) is 4.33. The molecule has 1 rings (SSSR count). The van der Waals surface area contributed by atoms with E-state index in [9.17, 15) is 4.39 Å². The highest BCUT2D eigenvalue weighted by atomic mass is 35.5. The minimum atomic E-state index is -0.153. The summed E-state index contributed by atoms with van der Waals surface area (Å²) in [5.41, 5.74) is 0.827. The number of unbranched alkanes of at least 4 members (excludes halogenated alkanes) is 3. The molecule has 0 aliphatic heterocycles. The zero-order valence-corrected chi connectivity index (χ0v) is 11.6. The van der Waals surface area contributed by atoms with Crippen molar-refractivity contribution in [1.29, 1.82) is 0 Å². The molecule has 1 atom stereocenters. The van der Waals surface area contributed by atoms with Crippen LogP contribution in [0.5, 0.6) is 0 Å². The molecule has 0 saturated carbocycles. The Morgan fingerprint density at radius 1 is 1.18 bits per heavy atom. The van der Waals surface area contributed by atoms with Gasteiger partial charge in [0.05, 0.1) is 0 Å². The Morgan fingerprint density at radius 3 is 2.53 bits per heavy atom. The van der Waals surface area contributed by atoms with Crippen molar-refractivity contribution in [2.45, 2.75) is 58.3 Å². The van der Waals surface area contributed by atoms with Crippen molar-refractivity contribution in [3.63, 3.8) is 0 Å². The molecule has 0 amide bonds. The predicted octanol–water partition coefficient (Wildman–Crippen LogP) is 5.94. The molecule has 0 N–H and O–H groups in total. The summed E-state index contributed by atoms with van der Waals surface area (Å²) in [4.78, 5) is 0. The van der Waals surface area contributed by atoms with Gasteiger partial charge in [-0.2, -0.15) is 0 Å². The average Bonchev–Trinajstić information content (AvgIpc) is 2.31. The van der Waals surface area contributed by atoms with Gasteiger partial charge < -0.3 is 0 Å². The summed E-state index contributed by atoms with van der Waals surface area (Å²) in [6, 6.07) is 5.05. The van der Waals surface area contributed by atoms with Gasteiger partial charge >= 0.3 is 0 Å². The molecular formula is C15H22ClF. The number of hydrogen-bond acceptors (Lipinski definition) is 0. The Labute approximate surface area is 109 Å². The number of halogens is 2. The highest BCUT2D eigenvalue weighted by Crippen LogP contribution is 2.29. The molecule has 17 heavy (non-hydrogen) atoms. The van der Waals surface area contributed by atoms with Crippen LogP contribution in [0.15, 0.2) is 18.2 Å². The molecule has 0 saturated heterocycles. The van der Waals surface area contributed by atoms with Crippen molar-refractivity contribution in [2.24, 2.45) is 0 Å². The third kappa shape index (κ3) is 4.67. The Bertz CT molecular complexity index is 336. The molecule has 0 aromatic heterocycles. The zero-order valence-electron chi connectivity index (χ0n) is 10.8. The predicted molar refractivity (Wildman–Crippen MR) is 73.2 cm³/mol. The van der Waals surface area contributed by atoms with Crippen LogP contribution in [-0.4, -0.2) is 0 Å². The first-order valence-corrected chi connectivity index (χ1v) is 7.01. The molecule has 2 heteroatoms. The number of hydrogen-bond donors (Lipinski definition) is 0. The lowest BCUT2D eigenvalue weighted by Crippen LogP contribution is -2.01. The summed E-state index contributed by atoms with van der Waals surface area (Å²) >= 11 is 5.77. The van der Waals surface area contributed by atoms with E-state index in [4.69, 9.17) is 11.6 Å². The molecule has 0 aliphatic rings. The van der Waals surface area contributed by atoms with Crippen LogP contribution in [0.1, 0.15) is 63.9 Å². The second-order valence-corrected chi connectivity index (χ2v) is 5.06. The van der Waals surface area contributed by atoms with Crippen LogP contribution in [0, 0.1) is 5.82 Å². The highest BCUT2D eigenvalue weighted by molar-refractivity contribution is 6.30. The molecule has 0 radical (unpaired) electrons. The molecule has 1 unspecified atom stereocenters. The summed E-state index contributed by atoms with van der Waals surface area (Å²) < 4.78 is 13.8. The van der Waals surface area contributed by atoms with E-state index in [1.165, 1.54) is 31.7 Å². The minimum absolute atomic E-state index is 0.153. The SMILES string of the molecule is CCCCCCC(CC)c1ccc(Cl)cc1F. The van der Waals surface area contributed by atoms with Crippen molar-refractivity contribution < 1.29 is 4.39 Å². The third-order valence-corrected chi connectivity index (χ3v) is 3.54. The van der Waals surface area contributed by atoms with Crippen molar-refractivity contribution in [3.8, 4) is 0 Å². The van der Waals surface area contributed by atoms with Crippen LogP contribution in [0.4, 0.5) is 4.39 Å². The van der Waals surface area contributed by atoms with Crippen molar-refractivity contribution in [1.82, 2.24) is 0 Å². The van der Waals surface area contributed by atoms with Gasteiger partial charge in [0.1, 0.15) is 5.82 Å². The van der Waals surface area contributed by atoms with Gasteiger partial charge in [0.2, 0.25) is 0 Å². The van der Waals surface area contributed by atoms with Gasteiger partial charge in [-0.05, 0) is 36.5 Å². The van der Waals surface area contributed by atoms with Crippen LogP contribution in [-0.2, 0) is 0 Å². The smallest absolute Gasteiger partial charge is 0.128 e. The molecule has 0 fully saturated rings. The first kappa shape index (κ1) is 14.5. The lowest BCUT2D eigenvalue weighted by molar-refractivity contribution is 0.513. The molecule has 0 nitrogen and oxygen atoms in total. The quantitative estimate of drug-likeness (QED) is 0.530. The topological polar surface area (TPSA) is 0 Å². The molecule has 0 heterocycles. The highest BCUT2D eigenvalue weighted by Gasteiger charge is 2.13. The van der Waals surface area contributed by atoms with E-state index >= 15 is 0 Å². The van der Waals surface area contributed by atoms with Crippen molar-refractivity contribution in [3.05, 3.63) is 34.6 Å². The molecule has 0 bridgehead atoms. The number of benzene rings is 1. The fourth-order valence-corrected chi connectivity index (χ4v) is 2.39. The van der Waals surface area contributed by atoms with Gasteiger partial charge in [-0.15, -0.1) is 0 Å². The normalized spacial score (nSPS) is 12.7. The van der Waals surface area contributed by atoms with Gasteiger partial charge in [-0.25, -0.2) is 4.39 Å². The molecule has 1 aromatic carbocycles. The molecule has 96 valence electrons. The minimum Gasteiger partial charge on any atom is -0.207 e. The first-order chi connectivity index (χ1) is 8.19.